The van der Waals surface area contributed by atoms with E-state index in [1.807, 2.05) is 30.3 Å². The number of hydrogen-bond donors (Lipinski definition) is 2. The Morgan fingerprint density at radius 3 is 2.60 bits per heavy atom. The quantitative estimate of drug-likeness (QED) is 0.615. The molecule has 1 aliphatic heterocycles. The third kappa shape index (κ3) is 3.70. The number of carbonyl (C=O) groups is 1. The van der Waals surface area contributed by atoms with Gasteiger partial charge >= 0.3 is 6.03 Å². The number of nitrogens with zero attached hydrogens (tertiary/aromatic N) is 3. The number of benzene rings is 1. The zero-order valence-electron chi connectivity index (χ0n) is 17.4. The van der Waals surface area contributed by atoms with Crippen LogP contribution in [0, 0.1) is 5.92 Å². The summed E-state index contributed by atoms with van der Waals surface area (Å²) < 4.78 is 0. The number of rotatable bonds is 4. The molecule has 6 nitrogen and oxygen atoms in total. The largest absolute Gasteiger partial charge is 0.353 e. The predicted octanol–water partition coefficient (Wildman–Crippen LogP) is 5.39. The summed E-state index contributed by atoms with van der Waals surface area (Å²) in [5, 5.41) is 6.74. The summed E-state index contributed by atoms with van der Waals surface area (Å²) in [6.07, 6.45) is 5.65. The number of urea groups is 1. The molecule has 5 rings (SSSR count). The number of nitrogens with one attached hydrogen (secondary N) is 2. The average molecular weight is 402 g/mol. The molecule has 2 atom stereocenters. The molecule has 2 aromatic heterocycles. The van der Waals surface area contributed by atoms with E-state index in [0.717, 1.165) is 40.6 Å². The van der Waals surface area contributed by atoms with Crippen molar-refractivity contribution in [3.63, 3.8) is 0 Å². The summed E-state index contributed by atoms with van der Waals surface area (Å²) >= 11 is 0. The molecule has 2 amide bonds. The Kier molecular flexibility index (Phi) is 4.77. The van der Waals surface area contributed by atoms with Crippen LogP contribution in [-0.4, -0.2) is 28.6 Å². The Balaban J connectivity index is 1.26. The highest BCUT2D eigenvalue weighted by atomic mass is 16.2. The fourth-order valence-electron chi connectivity index (χ4n) is 4.67. The highest BCUT2D eigenvalue weighted by molar-refractivity contribution is 6.00. The lowest BCUT2D eigenvalue weighted by atomic mass is 10.1. The Hall–Kier alpha value is -3.15. The molecule has 1 aliphatic carbocycles. The van der Waals surface area contributed by atoms with Gasteiger partial charge in [0.1, 0.15) is 5.82 Å². The molecule has 0 spiro atoms. The van der Waals surface area contributed by atoms with E-state index in [2.05, 4.69) is 46.5 Å². The molecule has 2 aliphatic rings. The molecule has 3 aromatic rings. The number of fused-ring (bicyclic) bond motifs is 3. The van der Waals surface area contributed by atoms with Gasteiger partial charge in [0.05, 0.1) is 17.4 Å². The van der Waals surface area contributed by atoms with E-state index in [0.29, 0.717) is 17.6 Å². The summed E-state index contributed by atoms with van der Waals surface area (Å²) in [5.74, 6) is 2.28. The maximum absolute atomic E-state index is 12.4. The summed E-state index contributed by atoms with van der Waals surface area (Å²) in [5.41, 5.74) is 3.37. The molecule has 6 heteroatoms. The van der Waals surface area contributed by atoms with Crippen LogP contribution in [-0.2, 0) is 0 Å². The Morgan fingerprint density at radius 2 is 1.90 bits per heavy atom. The van der Waals surface area contributed by atoms with Crippen LogP contribution in [0.3, 0.4) is 0 Å². The second kappa shape index (κ2) is 7.59. The first kappa shape index (κ1) is 18.9. The van der Waals surface area contributed by atoms with E-state index in [9.17, 15) is 4.79 Å². The van der Waals surface area contributed by atoms with Gasteiger partial charge in [-0.1, -0.05) is 13.8 Å². The van der Waals surface area contributed by atoms with E-state index < -0.39 is 0 Å². The lowest BCUT2D eigenvalue weighted by Gasteiger charge is -2.28. The van der Waals surface area contributed by atoms with Gasteiger partial charge < -0.3 is 15.5 Å². The molecule has 3 heterocycles. The second-order valence-corrected chi connectivity index (χ2v) is 8.77. The first-order chi connectivity index (χ1) is 14.5. The van der Waals surface area contributed by atoms with Crippen molar-refractivity contribution in [3.8, 4) is 0 Å². The molecule has 1 saturated heterocycles. The highest BCUT2D eigenvalue weighted by Crippen LogP contribution is 2.39. The molecule has 2 N–H and O–H groups in total. The first-order valence-electron chi connectivity index (χ1n) is 10.8. The molecule has 154 valence electrons. The van der Waals surface area contributed by atoms with Crippen molar-refractivity contribution in [2.24, 2.45) is 5.92 Å². The zero-order valence-corrected chi connectivity index (χ0v) is 17.4. The lowest BCUT2D eigenvalue weighted by Crippen LogP contribution is -2.32. The minimum atomic E-state index is -0.286. The minimum absolute atomic E-state index is 0.286. The van der Waals surface area contributed by atoms with Crippen molar-refractivity contribution in [2.75, 3.05) is 22.1 Å². The molecule has 1 aromatic carbocycles. The topological polar surface area (TPSA) is 70.2 Å². The van der Waals surface area contributed by atoms with Crippen LogP contribution < -0.4 is 15.5 Å². The van der Waals surface area contributed by atoms with Crippen LogP contribution in [0.15, 0.2) is 48.7 Å². The predicted molar refractivity (Wildman–Crippen MR) is 121 cm³/mol. The van der Waals surface area contributed by atoms with Gasteiger partial charge in [0.15, 0.2) is 0 Å². The Labute approximate surface area is 176 Å². The monoisotopic (exact) mass is 401 g/mol. The number of pyridine rings is 2. The van der Waals surface area contributed by atoms with Crippen LogP contribution >= 0.6 is 0 Å². The molecular weight excluding hydrogens is 374 g/mol. The van der Waals surface area contributed by atoms with Gasteiger partial charge in [0.2, 0.25) is 0 Å². The first-order valence-corrected chi connectivity index (χ1v) is 10.8. The molecule has 0 unspecified atom stereocenters. The maximum Gasteiger partial charge on any atom is 0.323 e. The van der Waals surface area contributed by atoms with Crippen molar-refractivity contribution >= 4 is 34.1 Å². The van der Waals surface area contributed by atoms with Gasteiger partial charge in [-0.05, 0) is 73.6 Å². The molecule has 0 radical (unpaired) electrons. The smallest absolute Gasteiger partial charge is 0.323 e. The standard InChI is InChI=1S/C24H27N5O/c1-15(2)21-8-6-19(13-25-21)27-24(30)26-18-5-9-22-17(12-18)4-10-23(28-22)29-14-16-3-7-20(29)11-16/h4-6,8-10,12-13,15-16,20H,3,7,11,14H2,1-2H3,(H2,26,27,30)/t16-,20-/m0/s1. The van der Waals surface area contributed by atoms with Gasteiger partial charge in [-0.25, -0.2) is 9.78 Å². The van der Waals surface area contributed by atoms with Crippen LogP contribution in [0.5, 0.6) is 0 Å². The lowest BCUT2D eigenvalue weighted by molar-refractivity contribution is 0.262. The maximum atomic E-state index is 12.4. The number of anilines is 3. The van der Waals surface area contributed by atoms with E-state index in [1.54, 1.807) is 6.20 Å². The van der Waals surface area contributed by atoms with Crippen LogP contribution in [0.4, 0.5) is 22.0 Å². The number of amides is 2. The summed E-state index contributed by atoms with van der Waals surface area (Å²) in [6.45, 7) is 5.32. The zero-order chi connectivity index (χ0) is 20.7. The Bertz CT molecular complexity index is 1080. The normalized spacial score (nSPS) is 20.2. The van der Waals surface area contributed by atoms with Crippen molar-refractivity contribution in [1.29, 1.82) is 0 Å². The van der Waals surface area contributed by atoms with Crippen LogP contribution in [0.1, 0.15) is 44.7 Å². The van der Waals surface area contributed by atoms with E-state index in [1.165, 1.54) is 19.3 Å². The molecule has 2 bridgehead atoms. The molecular formula is C24H27N5O. The summed E-state index contributed by atoms with van der Waals surface area (Å²) in [4.78, 5) is 24.1. The Morgan fingerprint density at radius 1 is 1.07 bits per heavy atom. The van der Waals surface area contributed by atoms with E-state index in [-0.39, 0.29) is 6.03 Å². The third-order valence-electron chi connectivity index (χ3n) is 6.27. The molecule has 2 fully saturated rings. The number of piperidine rings is 1. The van der Waals surface area contributed by atoms with Crippen molar-refractivity contribution < 1.29 is 4.79 Å². The fourth-order valence-corrected chi connectivity index (χ4v) is 4.67. The number of carbonyl (C=O) groups excluding carboxylic acids is 1. The molecule has 30 heavy (non-hydrogen) atoms. The van der Waals surface area contributed by atoms with Crippen molar-refractivity contribution in [3.05, 3.63) is 54.4 Å². The van der Waals surface area contributed by atoms with Gasteiger partial charge in [0, 0.05) is 29.4 Å². The summed E-state index contributed by atoms with van der Waals surface area (Å²) in [6, 6.07) is 14.2. The van der Waals surface area contributed by atoms with Gasteiger partial charge in [-0.15, -0.1) is 0 Å². The van der Waals surface area contributed by atoms with Gasteiger partial charge in [0.25, 0.3) is 0 Å². The van der Waals surface area contributed by atoms with Crippen molar-refractivity contribution in [1.82, 2.24) is 9.97 Å². The second-order valence-electron chi connectivity index (χ2n) is 8.77. The van der Waals surface area contributed by atoms with Crippen LogP contribution in [0.2, 0.25) is 0 Å². The molecule has 1 saturated carbocycles. The average Bonchev–Trinajstić information content (AvgIpc) is 3.37. The summed E-state index contributed by atoms with van der Waals surface area (Å²) in [7, 11) is 0. The van der Waals surface area contributed by atoms with Gasteiger partial charge in [-0.3, -0.25) is 4.98 Å². The number of aromatic nitrogens is 2. The minimum Gasteiger partial charge on any atom is -0.353 e. The van der Waals surface area contributed by atoms with E-state index >= 15 is 0 Å². The fraction of sp³-hybridized carbons (Fsp3) is 0.375. The highest BCUT2D eigenvalue weighted by Gasteiger charge is 2.38. The van der Waals surface area contributed by atoms with Crippen molar-refractivity contribution in [2.45, 2.75) is 45.1 Å². The third-order valence-corrected chi connectivity index (χ3v) is 6.27. The number of hydrogen-bond acceptors (Lipinski definition) is 4. The SMILES string of the molecule is CC(C)c1ccc(NC(=O)Nc2ccc3nc(N4C[C@H]5CC[C@H]4C5)ccc3c2)cn1. The van der Waals surface area contributed by atoms with E-state index in [4.69, 9.17) is 4.98 Å². The van der Waals surface area contributed by atoms with Crippen LogP contribution in [0.25, 0.3) is 10.9 Å². The van der Waals surface area contributed by atoms with Gasteiger partial charge in [-0.2, -0.15) is 0 Å².